The number of aliphatic hydroxyl groups is 1. The first-order chi connectivity index (χ1) is 17.8. The summed E-state index contributed by atoms with van der Waals surface area (Å²) in [7, 11) is 0. The van der Waals surface area contributed by atoms with E-state index in [1.807, 2.05) is 52.0 Å². The van der Waals surface area contributed by atoms with E-state index >= 15 is 0 Å². The van der Waals surface area contributed by atoms with Gasteiger partial charge in [0, 0.05) is 30.1 Å². The Kier molecular flexibility index (Phi) is 6.67. The molecule has 1 spiro atoms. The number of amides is 2. The highest BCUT2D eigenvalue weighted by Gasteiger charge is 2.69. The minimum atomic E-state index is -1.85. The lowest BCUT2D eigenvalue weighted by atomic mass is 9.66. The predicted molar refractivity (Wildman–Crippen MR) is 144 cm³/mol. The zero-order chi connectivity index (χ0) is 28.0. The molecule has 38 heavy (non-hydrogen) atoms. The van der Waals surface area contributed by atoms with Gasteiger partial charge in [0.05, 0.1) is 11.8 Å². The molecule has 0 saturated carbocycles. The van der Waals surface area contributed by atoms with E-state index in [4.69, 9.17) is 5.26 Å². The number of benzene rings is 3. The third-order valence-corrected chi connectivity index (χ3v) is 7.27. The minimum Gasteiger partial charge on any atom is -0.382 e. The van der Waals surface area contributed by atoms with Crippen molar-refractivity contribution in [3.63, 3.8) is 0 Å². The van der Waals surface area contributed by atoms with Gasteiger partial charge in [0.1, 0.15) is 11.4 Å². The Bertz CT molecular complexity index is 1450. The molecule has 0 saturated heterocycles. The van der Waals surface area contributed by atoms with Crippen molar-refractivity contribution in [3.05, 3.63) is 100 Å². The molecular formula is C31H32FN3O3. The van der Waals surface area contributed by atoms with Crippen molar-refractivity contribution < 1.29 is 19.1 Å². The summed E-state index contributed by atoms with van der Waals surface area (Å²) in [5, 5.41) is 19.6. The number of anilines is 1. The monoisotopic (exact) mass is 513 g/mol. The van der Waals surface area contributed by atoms with Gasteiger partial charge in [0.25, 0.3) is 11.8 Å². The lowest BCUT2D eigenvalue weighted by Crippen LogP contribution is -2.69. The van der Waals surface area contributed by atoms with Crippen molar-refractivity contribution in [2.45, 2.75) is 64.8 Å². The molecule has 3 aromatic carbocycles. The topological polar surface area (TPSA) is 84.6 Å². The van der Waals surface area contributed by atoms with Gasteiger partial charge in [-0.05, 0) is 70.0 Å². The number of carbonyl (C=O) groups excluding carboxylic acids is 2. The minimum absolute atomic E-state index is 0.0727. The van der Waals surface area contributed by atoms with Crippen LogP contribution >= 0.6 is 0 Å². The number of fused-ring (bicyclic) bond motifs is 3. The van der Waals surface area contributed by atoms with Crippen molar-refractivity contribution in [1.82, 2.24) is 4.90 Å². The van der Waals surface area contributed by atoms with E-state index in [0.717, 1.165) is 11.1 Å². The van der Waals surface area contributed by atoms with E-state index in [0.29, 0.717) is 16.8 Å². The average Bonchev–Trinajstić information content (AvgIpc) is 3.11. The molecule has 0 bridgehead atoms. The Morgan fingerprint density at radius 1 is 1.00 bits per heavy atom. The van der Waals surface area contributed by atoms with Crippen LogP contribution in [-0.4, -0.2) is 27.4 Å². The second-order valence-corrected chi connectivity index (χ2v) is 10.9. The second kappa shape index (κ2) is 9.38. The number of carbonyl (C=O) groups is 2. The highest BCUT2D eigenvalue weighted by molar-refractivity contribution is 6.14. The van der Waals surface area contributed by atoms with Gasteiger partial charge in [-0.1, -0.05) is 48.0 Å². The molecule has 7 heteroatoms. The fourth-order valence-electron chi connectivity index (χ4n) is 5.69. The van der Waals surface area contributed by atoms with Crippen molar-refractivity contribution in [3.8, 4) is 6.07 Å². The zero-order valence-corrected chi connectivity index (χ0v) is 22.5. The first kappa shape index (κ1) is 27.0. The predicted octanol–water partition coefficient (Wildman–Crippen LogP) is 5.57. The molecular weight excluding hydrogens is 481 g/mol. The number of nitriles is 1. The molecule has 0 radical (unpaired) electrons. The van der Waals surface area contributed by atoms with E-state index in [-0.39, 0.29) is 18.0 Å². The molecule has 6 nitrogen and oxygen atoms in total. The van der Waals surface area contributed by atoms with Crippen molar-refractivity contribution in [2.75, 3.05) is 4.90 Å². The summed E-state index contributed by atoms with van der Waals surface area (Å²) in [5.74, 6) is -1.37. The van der Waals surface area contributed by atoms with Gasteiger partial charge >= 0.3 is 0 Å². The van der Waals surface area contributed by atoms with Gasteiger partial charge in [-0.25, -0.2) is 4.39 Å². The summed E-state index contributed by atoms with van der Waals surface area (Å²) < 4.78 is 14.8. The highest BCUT2D eigenvalue weighted by atomic mass is 19.1. The Labute approximate surface area is 222 Å². The molecule has 2 amide bonds. The standard InChI is InChI=1S/C29H29FN2O3.C2H3N/c1-18-10-12-19(13-11-18)17-31-25(33)21-8-6-7-9-22(21)28(5,35)29(31)23-16-20(30)14-15-24(23)32(26(29)34)27(2,3)4;1-2-3/h6-16,35H,17H2,1-5H3;1H3/t28-,29+;/m0./s1. The smallest absolute Gasteiger partial charge is 0.261 e. The van der Waals surface area contributed by atoms with Gasteiger partial charge in [-0.2, -0.15) is 5.26 Å². The van der Waals surface area contributed by atoms with Crippen LogP contribution in [0.2, 0.25) is 0 Å². The molecule has 0 aromatic heterocycles. The summed E-state index contributed by atoms with van der Waals surface area (Å²) in [4.78, 5) is 31.7. The molecule has 2 atom stereocenters. The van der Waals surface area contributed by atoms with Crippen LogP contribution < -0.4 is 4.90 Å². The molecule has 5 rings (SSSR count). The molecule has 2 aliphatic rings. The summed E-state index contributed by atoms with van der Waals surface area (Å²) in [6.45, 7) is 10.7. The van der Waals surface area contributed by atoms with E-state index in [2.05, 4.69) is 0 Å². The lowest BCUT2D eigenvalue weighted by molar-refractivity contribution is -0.154. The Hall–Kier alpha value is -4.02. The maximum atomic E-state index is 14.8. The number of nitrogens with zero attached hydrogens (tertiary/aromatic N) is 3. The van der Waals surface area contributed by atoms with Crippen LogP contribution in [0.4, 0.5) is 10.1 Å². The SMILES string of the molecule is CC#N.Cc1ccc(CN2C(=O)c3ccccc3[C@](C)(O)[C@@]23C(=O)N(C(C)(C)C)c2ccc(F)cc23)cc1. The van der Waals surface area contributed by atoms with Crippen molar-refractivity contribution >= 4 is 17.5 Å². The van der Waals surface area contributed by atoms with Crippen LogP contribution in [0.5, 0.6) is 0 Å². The Morgan fingerprint density at radius 3 is 2.21 bits per heavy atom. The van der Waals surface area contributed by atoms with Gasteiger partial charge < -0.3 is 14.9 Å². The summed E-state index contributed by atoms with van der Waals surface area (Å²) in [5.41, 5.74) is -1.04. The van der Waals surface area contributed by atoms with Crippen LogP contribution in [0.15, 0.2) is 66.7 Å². The molecule has 0 aliphatic carbocycles. The zero-order valence-electron chi connectivity index (χ0n) is 22.5. The molecule has 0 fully saturated rings. The van der Waals surface area contributed by atoms with Crippen LogP contribution in [0.1, 0.15) is 67.2 Å². The number of aryl methyl sites for hydroxylation is 1. The van der Waals surface area contributed by atoms with E-state index in [1.165, 1.54) is 24.0 Å². The summed E-state index contributed by atoms with van der Waals surface area (Å²) in [6, 6.07) is 20.4. The van der Waals surface area contributed by atoms with Crippen molar-refractivity contribution in [2.24, 2.45) is 0 Å². The van der Waals surface area contributed by atoms with Gasteiger partial charge in [0.15, 0.2) is 5.54 Å². The Morgan fingerprint density at radius 2 is 1.61 bits per heavy atom. The first-order valence-corrected chi connectivity index (χ1v) is 12.5. The average molecular weight is 514 g/mol. The van der Waals surface area contributed by atoms with Crippen LogP contribution in [0, 0.1) is 24.1 Å². The normalized spacial score (nSPS) is 22.0. The van der Waals surface area contributed by atoms with E-state index in [1.54, 1.807) is 48.2 Å². The number of hydrogen-bond acceptors (Lipinski definition) is 4. The number of halogens is 1. The Balaban J connectivity index is 0.00000107. The quantitative estimate of drug-likeness (QED) is 0.486. The van der Waals surface area contributed by atoms with Crippen LogP contribution in [0.3, 0.4) is 0 Å². The summed E-state index contributed by atoms with van der Waals surface area (Å²) in [6.07, 6.45) is 0. The van der Waals surface area contributed by atoms with Gasteiger partial charge in [0.2, 0.25) is 0 Å². The molecule has 0 unspecified atom stereocenters. The van der Waals surface area contributed by atoms with E-state index < -0.39 is 28.4 Å². The fraction of sp³-hybridized carbons (Fsp3) is 0.323. The van der Waals surface area contributed by atoms with Crippen LogP contribution in [0.25, 0.3) is 0 Å². The van der Waals surface area contributed by atoms with Gasteiger partial charge in [-0.3, -0.25) is 9.59 Å². The lowest BCUT2D eigenvalue weighted by Gasteiger charge is -2.53. The largest absolute Gasteiger partial charge is 0.382 e. The molecule has 2 aliphatic heterocycles. The molecule has 2 heterocycles. The third kappa shape index (κ3) is 3.88. The van der Waals surface area contributed by atoms with Crippen LogP contribution in [-0.2, 0) is 22.5 Å². The van der Waals surface area contributed by atoms with Gasteiger partial charge in [-0.15, -0.1) is 0 Å². The number of hydrogen-bond donors (Lipinski definition) is 1. The summed E-state index contributed by atoms with van der Waals surface area (Å²) >= 11 is 0. The third-order valence-electron chi connectivity index (χ3n) is 7.27. The van der Waals surface area contributed by atoms with Crippen molar-refractivity contribution in [1.29, 1.82) is 5.26 Å². The fourth-order valence-corrected chi connectivity index (χ4v) is 5.69. The molecule has 196 valence electrons. The molecule has 3 aromatic rings. The molecule has 1 N–H and O–H groups in total. The maximum absolute atomic E-state index is 14.8. The maximum Gasteiger partial charge on any atom is 0.261 e. The first-order valence-electron chi connectivity index (χ1n) is 12.5. The van der Waals surface area contributed by atoms with E-state index in [9.17, 15) is 19.1 Å². The number of rotatable bonds is 2. The second-order valence-electron chi connectivity index (χ2n) is 10.9. The highest BCUT2D eigenvalue weighted by Crippen LogP contribution is 2.58.